The van der Waals surface area contributed by atoms with Gasteiger partial charge in [-0.15, -0.1) is 0 Å². The van der Waals surface area contributed by atoms with Crippen molar-refractivity contribution in [2.75, 3.05) is 26.2 Å². The molecule has 0 saturated heterocycles. The van der Waals surface area contributed by atoms with Crippen LogP contribution in [0.4, 0.5) is 0 Å². The molecule has 0 aromatic rings. The Bertz CT molecular complexity index is 270. The van der Waals surface area contributed by atoms with Crippen LogP contribution in [0.3, 0.4) is 0 Å². The van der Waals surface area contributed by atoms with Crippen LogP contribution in [0.2, 0.25) is 0 Å². The smallest absolute Gasteiger partial charge is 0.359 e. The highest BCUT2D eigenvalue weighted by molar-refractivity contribution is 5.73. The first-order valence-corrected chi connectivity index (χ1v) is 4.43. The zero-order valence-corrected chi connectivity index (χ0v) is 8.63. The normalized spacial score (nSPS) is 10.8. The molecule has 0 aliphatic rings. The molecule has 3 N–H and O–H groups in total. The number of hydrogen-bond donors (Lipinski definition) is 3. The lowest BCUT2D eigenvalue weighted by Gasteiger charge is -2.32. The molecule has 0 fully saturated rings. The van der Waals surface area contributed by atoms with Crippen LogP contribution in [-0.4, -0.2) is 63.9 Å². The molecule has 0 spiro atoms. The Hall–Kier alpha value is -1.89. The molecule has 7 nitrogen and oxygen atoms in total. The Morgan fingerprint density at radius 2 is 1.25 bits per heavy atom. The maximum atomic E-state index is 10.6. The summed E-state index contributed by atoms with van der Waals surface area (Å²) in [5, 5.41) is 26.0. The van der Waals surface area contributed by atoms with E-state index in [0.29, 0.717) is 0 Å². The maximum absolute atomic E-state index is 10.6. The van der Waals surface area contributed by atoms with E-state index in [1.165, 1.54) is 6.08 Å². The second-order valence-electron chi connectivity index (χ2n) is 3.47. The van der Waals surface area contributed by atoms with E-state index in [1.54, 1.807) is 0 Å². The highest BCUT2D eigenvalue weighted by Gasteiger charge is 2.34. The number of carboxylic acid groups (broad SMARTS) is 3. The van der Waals surface area contributed by atoms with E-state index < -0.39 is 42.0 Å². The summed E-state index contributed by atoms with van der Waals surface area (Å²) in [4.78, 5) is 31.9. The molecule has 0 heterocycles. The Labute approximate surface area is 91.8 Å². The lowest BCUT2D eigenvalue weighted by atomic mass is 10.3. The molecule has 0 amide bonds. The monoisotopic (exact) mass is 232 g/mol. The predicted molar refractivity (Wildman–Crippen MR) is 52.8 cm³/mol. The summed E-state index contributed by atoms with van der Waals surface area (Å²) in [6.07, 6.45) is 1.31. The zero-order chi connectivity index (χ0) is 12.8. The van der Waals surface area contributed by atoms with Gasteiger partial charge in [-0.1, -0.05) is 6.58 Å². The summed E-state index contributed by atoms with van der Waals surface area (Å²) in [6.45, 7) is 1.66. The van der Waals surface area contributed by atoms with E-state index in [9.17, 15) is 14.4 Å². The quantitative estimate of drug-likeness (QED) is 0.374. The van der Waals surface area contributed by atoms with Crippen LogP contribution >= 0.6 is 0 Å². The van der Waals surface area contributed by atoms with Gasteiger partial charge in [0.15, 0.2) is 19.6 Å². The first kappa shape index (κ1) is 14.1. The second-order valence-corrected chi connectivity index (χ2v) is 3.47. The second kappa shape index (κ2) is 5.86. The van der Waals surface area contributed by atoms with Crippen molar-refractivity contribution in [3.63, 3.8) is 0 Å². The Kier molecular flexibility index (Phi) is 5.17. The van der Waals surface area contributed by atoms with Gasteiger partial charge in [0.05, 0.1) is 6.54 Å². The molecular weight excluding hydrogens is 218 g/mol. The van der Waals surface area contributed by atoms with Gasteiger partial charge in [0.25, 0.3) is 0 Å². The van der Waals surface area contributed by atoms with E-state index in [-0.39, 0.29) is 6.54 Å². The lowest BCUT2D eigenvalue weighted by molar-refractivity contribution is -0.901. The Balaban J connectivity index is 5.00. The van der Waals surface area contributed by atoms with Crippen LogP contribution in [0.15, 0.2) is 12.7 Å². The van der Waals surface area contributed by atoms with Gasteiger partial charge in [-0.05, 0) is 6.08 Å². The van der Waals surface area contributed by atoms with Crippen LogP contribution in [-0.2, 0) is 14.4 Å². The fourth-order valence-corrected chi connectivity index (χ4v) is 1.50. The van der Waals surface area contributed by atoms with Crippen molar-refractivity contribution in [2.45, 2.75) is 0 Å². The van der Waals surface area contributed by atoms with Gasteiger partial charge in [0.1, 0.15) is 0 Å². The number of carbonyl (C=O) groups is 3. The Morgan fingerprint density at radius 1 is 0.938 bits per heavy atom. The molecule has 0 rings (SSSR count). The van der Waals surface area contributed by atoms with Gasteiger partial charge in [0.2, 0.25) is 0 Å². The number of quaternary nitrogens is 1. The molecule has 0 radical (unpaired) electrons. The topological polar surface area (TPSA) is 112 Å². The fourth-order valence-electron chi connectivity index (χ4n) is 1.50. The first-order valence-electron chi connectivity index (χ1n) is 4.43. The van der Waals surface area contributed by atoms with Crippen LogP contribution in [0.1, 0.15) is 0 Å². The summed E-state index contributed by atoms with van der Waals surface area (Å²) >= 11 is 0. The van der Waals surface area contributed by atoms with Crippen molar-refractivity contribution in [2.24, 2.45) is 0 Å². The summed E-state index contributed by atoms with van der Waals surface area (Å²) in [5.41, 5.74) is 0. The standard InChI is InChI=1S/C9H13NO6/c1-2-3-10(4-7(11)12,5-8(13)14)6-9(15)16/h2H,1,3-6H2,(H2-,11,12,13,14,15,16)/p+1. The van der Waals surface area contributed by atoms with Gasteiger partial charge >= 0.3 is 17.9 Å². The molecule has 0 aliphatic heterocycles. The van der Waals surface area contributed by atoms with Crippen LogP contribution in [0.25, 0.3) is 0 Å². The minimum absolute atomic E-state index is 0.0229. The minimum atomic E-state index is -1.25. The van der Waals surface area contributed by atoms with Crippen molar-refractivity contribution in [1.82, 2.24) is 0 Å². The molecule has 90 valence electrons. The van der Waals surface area contributed by atoms with Gasteiger partial charge in [-0.2, -0.15) is 0 Å². The average molecular weight is 232 g/mol. The third kappa shape index (κ3) is 5.11. The SMILES string of the molecule is C=CC[N+](CC(=O)O)(CC(=O)O)CC(=O)O. The predicted octanol–water partition coefficient (Wildman–Crippen LogP) is -0.757. The fraction of sp³-hybridized carbons (Fsp3) is 0.444. The third-order valence-corrected chi connectivity index (χ3v) is 1.93. The molecule has 0 atom stereocenters. The van der Waals surface area contributed by atoms with Crippen LogP contribution < -0.4 is 0 Å². The molecule has 0 aromatic heterocycles. The summed E-state index contributed by atoms with van der Waals surface area (Å²) in [6, 6.07) is 0. The van der Waals surface area contributed by atoms with E-state index >= 15 is 0 Å². The molecule has 0 saturated carbocycles. The molecule has 0 bridgehead atoms. The number of rotatable bonds is 8. The maximum Gasteiger partial charge on any atom is 0.359 e. The van der Waals surface area contributed by atoms with E-state index in [2.05, 4.69) is 6.58 Å². The highest BCUT2D eigenvalue weighted by Crippen LogP contribution is 2.07. The van der Waals surface area contributed by atoms with Gasteiger partial charge in [0, 0.05) is 0 Å². The Morgan fingerprint density at radius 3 is 1.44 bits per heavy atom. The third-order valence-electron chi connectivity index (χ3n) is 1.93. The van der Waals surface area contributed by atoms with Crippen molar-refractivity contribution < 1.29 is 34.2 Å². The van der Waals surface area contributed by atoms with Crippen molar-refractivity contribution in [1.29, 1.82) is 0 Å². The van der Waals surface area contributed by atoms with Crippen LogP contribution in [0.5, 0.6) is 0 Å². The van der Waals surface area contributed by atoms with Crippen molar-refractivity contribution in [3.05, 3.63) is 12.7 Å². The van der Waals surface area contributed by atoms with Crippen molar-refractivity contribution in [3.8, 4) is 0 Å². The van der Waals surface area contributed by atoms with Gasteiger partial charge < -0.3 is 15.3 Å². The summed E-state index contributed by atoms with van der Waals surface area (Å²) in [7, 11) is 0. The molecule has 16 heavy (non-hydrogen) atoms. The number of carboxylic acids is 3. The number of nitrogens with zero attached hydrogens (tertiary/aromatic N) is 1. The first-order chi connectivity index (χ1) is 7.31. The molecule has 0 aromatic carbocycles. The number of aliphatic carboxylic acids is 3. The van der Waals surface area contributed by atoms with Crippen LogP contribution in [0, 0.1) is 0 Å². The van der Waals surface area contributed by atoms with E-state index in [4.69, 9.17) is 15.3 Å². The molecule has 0 aliphatic carbocycles. The average Bonchev–Trinajstić information content (AvgIpc) is 1.98. The molecular formula is C9H14NO6+. The van der Waals surface area contributed by atoms with E-state index in [0.717, 1.165) is 0 Å². The zero-order valence-electron chi connectivity index (χ0n) is 8.63. The van der Waals surface area contributed by atoms with Crippen molar-refractivity contribution >= 4 is 17.9 Å². The molecule has 0 unspecified atom stereocenters. The van der Waals surface area contributed by atoms with Gasteiger partial charge in [-0.3, -0.25) is 4.48 Å². The summed E-state index contributed by atoms with van der Waals surface area (Å²) in [5.74, 6) is -3.74. The molecule has 7 heteroatoms. The summed E-state index contributed by atoms with van der Waals surface area (Å²) < 4.78 is -0.580. The minimum Gasteiger partial charge on any atom is -0.477 e. The highest BCUT2D eigenvalue weighted by atomic mass is 16.4. The lowest BCUT2D eigenvalue weighted by Crippen LogP contribution is -2.56. The van der Waals surface area contributed by atoms with E-state index in [1.807, 2.05) is 0 Å². The largest absolute Gasteiger partial charge is 0.477 e. The number of hydrogen-bond acceptors (Lipinski definition) is 3. The van der Waals surface area contributed by atoms with Gasteiger partial charge in [-0.25, -0.2) is 14.4 Å².